The van der Waals surface area contributed by atoms with E-state index in [0.29, 0.717) is 41.3 Å². The fourth-order valence-electron chi connectivity index (χ4n) is 4.14. The largest absolute Gasteiger partial charge is 0.490 e. The molecule has 2 amide bonds. The van der Waals surface area contributed by atoms with Crippen LogP contribution in [0.1, 0.15) is 18.2 Å². The average molecular weight is 540 g/mol. The van der Waals surface area contributed by atoms with Crippen molar-refractivity contribution in [3.05, 3.63) is 41.6 Å². The number of anilines is 3. The van der Waals surface area contributed by atoms with Crippen molar-refractivity contribution in [1.82, 2.24) is 30.4 Å². The van der Waals surface area contributed by atoms with E-state index in [1.807, 2.05) is 37.3 Å². The number of nitrogens with one attached hydrogen (secondary N) is 3. The molecule has 38 heavy (non-hydrogen) atoms. The second-order valence-electron chi connectivity index (χ2n) is 9.02. The van der Waals surface area contributed by atoms with Crippen molar-refractivity contribution >= 4 is 41.0 Å². The number of urea groups is 1. The number of carbonyl (C=O) groups excluding carboxylic acids is 2. The zero-order valence-electron chi connectivity index (χ0n) is 21.8. The Hall–Kier alpha value is -3.84. The number of methoxy groups -OCH3 is 1. The summed E-state index contributed by atoms with van der Waals surface area (Å²) < 4.78 is 5.80. The molecule has 1 fully saturated rings. The maximum atomic E-state index is 11.4. The lowest BCUT2D eigenvalue weighted by atomic mass is 10.1. The summed E-state index contributed by atoms with van der Waals surface area (Å²) in [4.78, 5) is 37.5. The number of H-pyrrole nitrogens is 1. The number of ether oxygens (including phenoxy) is 1. The van der Waals surface area contributed by atoms with E-state index in [4.69, 9.17) is 20.4 Å². The lowest BCUT2D eigenvalue weighted by molar-refractivity contribution is -0.116. The van der Waals surface area contributed by atoms with Crippen LogP contribution in [0.5, 0.6) is 5.75 Å². The molecular weight excluding hydrogens is 506 g/mol. The van der Waals surface area contributed by atoms with Crippen LogP contribution in [0, 0.1) is 6.92 Å². The van der Waals surface area contributed by atoms with Gasteiger partial charge in [0.05, 0.1) is 7.11 Å². The maximum Gasteiger partial charge on any atom is 0.312 e. The van der Waals surface area contributed by atoms with E-state index in [-0.39, 0.29) is 5.78 Å². The van der Waals surface area contributed by atoms with E-state index in [1.54, 1.807) is 14.0 Å². The van der Waals surface area contributed by atoms with Gasteiger partial charge in [-0.3, -0.25) is 14.8 Å². The van der Waals surface area contributed by atoms with Gasteiger partial charge >= 0.3 is 6.03 Å². The molecule has 5 N–H and O–H groups in total. The first kappa shape index (κ1) is 27.2. The summed E-state index contributed by atoms with van der Waals surface area (Å²) in [5.74, 6) is 2.51. The topological polar surface area (TPSA) is 154 Å². The summed E-state index contributed by atoms with van der Waals surface area (Å²) in [6.45, 7) is 7.81. The summed E-state index contributed by atoms with van der Waals surface area (Å²) in [6.07, 6.45) is 0.413. The van der Waals surface area contributed by atoms with Gasteiger partial charge in [-0.2, -0.15) is 5.10 Å². The van der Waals surface area contributed by atoms with Gasteiger partial charge in [0.1, 0.15) is 5.78 Å². The van der Waals surface area contributed by atoms with Crippen molar-refractivity contribution in [1.29, 1.82) is 0 Å². The fourth-order valence-corrected chi connectivity index (χ4v) is 4.90. The van der Waals surface area contributed by atoms with Crippen LogP contribution in [0.25, 0.3) is 0 Å². The number of amides is 2. The minimum atomic E-state index is -0.514. The van der Waals surface area contributed by atoms with E-state index in [1.165, 1.54) is 11.8 Å². The maximum absolute atomic E-state index is 11.4. The molecule has 2 aromatic heterocycles. The molecule has 0 saturated carbocycles. The SMILES string of the molecule is COc1c(Nc2cc(C)[nH]n2)nc(Sc2ccc(CC(C)=O)cc2)nc1N1CCN(CCNC(N)=O)CC1. The van der Waals surface area contributed by atoms with Crippen LogP contribution in [0.2, 0.25) is 0 Å². The van der Waals surface area contributed by atoms with Crippen LogP contribution in [-0.4, -0.2) is 83.3 Å². The van der Waals surface area contributed by atoms with Crippen LogP contribution in [0.15, 0.2) is 40.4 Å². The predicted molar refractivity (Wildman–Crippen MR) is 146 cm³/mol. The van der Waals surface area contributed by atoms with Crippen LogP contribution in [-0.2, 0) is 11.2 Å². The summed E-state index contributed by atoms with van der Waals surface area (Å²) in [5.41, 5.74) is 7.06. The fraction of sp³-hybridized carbons (Fsp3) is 0.400. The highest BCUT2D eigenvalue weighted by Gasteiger charge is 2.25. The highest BCUT2D eigenvalue weighted by atomic mass is 32.2. The Kier molecular flexibility index (Phi) is 9.02. The van der Waals surface area contributed by atoms with E-state index in [9.17, 15) is 9.59 Å². The molecule has 0 bridgehead atoms. The van der Waals surface area contributed by atoms with Gasteiger partial charge in [-0.05, 0) is 43.3 Å². The molecule has 1 saturated heterocycles. The van der Waals surface area contributed by atoms with Crippen LogP contribution in [0.3, 0.4) is 0 Å². The van der Waals surface area contributed by atoms with Crippen molar-refractivity contribution in [2.45, 2.75) is 30.3 Å². The van der Waals surface area contributed by atoms with Gasteiger partial charge in [-0.15, -0.1) is 0 Å². The number of benzene rings is 1. The number of nitrogens with zero attached hydrogens (tertiary/aromatic N) is 5. The third kappa shape index (κ3) is 7.35. The first-order chi connectivity index (χ1) is 18.3. The number of rotatable bonds is 11. The van der Waals surface area contributed by atoms with E-state index < -0.39 is 6.03 Å². The molecule has 1 aromatic carbocycles. The van der Waals surface area contributed by atoms with Gasteiger partial charge < -0.3 is 26.0 Å². The van der Waals surface area contributed by atoms with Gasteiger partial charge in [0, 0.05) is 62.3 Å². The van der Waals surface area contributed by atoms with Crippen molar-refractivity contribution in [3.8, 4) is 5.75 Å². The molecular formula is C25H33N9O3S. The Morgan fingerprint density at radius 1 is 1.16 bits per heavy atom. The molecule has 0 atom stereocenters. The molecule has 1 aliphatic rings. The van der Waals surface area contributed by atoms with Gasteiger partial charge in [-0.25, -0.2) is 14.8 Å². The minimum absolute atomic E-state index is 0.127. The molecule has 4 rings (SSSR count). The van der Waals surface area contributed by atoms with E-state index in [2.05, 4.69) is 30.6 Å². The van der Waals surface area contributed by atoms with Gasteiger partial charge in [0.2, 0.25) is 5.75 Å². The quantitative estimate of drug-likeness (QED) is 0.267. The first-order valence-corrected chi connectivity index (χ1v) is 13.1. The molecule has 0 unspecified atom stereocenters. The lowest BCUT2D eigenvalue weighted by Crippen LogP contribution is -2.49. The van der Waals surface area contributed by atoms with Crippen LogP contribution < -0.4 is 26.0 Å². The second kappa shape index (κ2) is 12.6. The molecule has 12 nitrogen and oxygen atoms in total. The normalized spacial score (nSPS) is 13.8. The lowest BCUT2D eigenvalue weighted by Gasteiger charge is -2.36. The molecule has 3 aromatic rings. The number of hydrogen-bond acceptors (Lipinski definition) is 10. The molecule has 0 spiro atoms. The smallest absolute Gasteiger partial charge is 0.312 e. The average Bonchev–Trinajstić information content (AvgIpc) is 3.29. The van der Waals surface area contributed by atoms with Gasteiger partial charge in [-0.1, -0.05) is 12.1 Å². The van der Waals surface area contributed by atoms with Crippen LogP contribution in [0.4, 0.5) is 22.2 Å². The Morgan fingerprint density at radius 3 is 2.50 bits per heavy atom. The molecule has 0 aliphatic carbocycles. The number of carbonyl (C=O) groups is 2. The zero-order chi connectivity index (χ0) is 27.1. The summed E-state index contributed by atoms with van der Waals surface area (Å²) in [5, 5.41) is 13.7. The number of Topliss-reactive ketones (excluding diaryl/α,β-unsaturated/α-hetero) is 1. The Labute approximate surface area is 225 Å². The molecule has 202 valence electrons. The second-order valence-corrected chi connectivity index (χ2v) is 10.1. The molecule has 1 aliphatic heterocycles. The number of aromatic amines is 1. The monoisotopic (exact) mass is 539 g/mol. The molecule has 3 heterocycles. The number of primary amides is 1. The van der Waals surface area contributed by atoms with E-state index in [0.717, 1.165) is 48.9 Å². The summed E-state index contributed by atoms with van der Waals surface area (Å²) in [6, 6.07) is 9.22. The molecule has 13 heteroatoms. The highest BCUT2D eigenvalue weighted by Crippen LogP contribution is 2.38. The van der Waals surface area contributed by atoms with E-state index >= 15 is 0 Å². The standard InChI is InChI=1S/C25H33N9O3S/c1-16-14-20(32-31-16)28-22-21(37-3)23(34-12-10-33(11-13-34)9-8-27-24(26)36)30-25(29-22)38-19-6-4-18(5-7-19)15-17(2)35/h4-7,14H,8-13,15H2,1-3H3,(H3,26,27,36)(H2,28,29,30,31,32). The third-order valence-electron chi connectivity index (χ3n) is 5.97. The van der Waals surface area contributed by atoms with Gasteiger partial charge in [0.25, 0.3) is 0 Å². The number of ketones is 1. The Bertz CT molecular complexity index is 1260. The minimum Gasteiger partial charge on any atom is -0.490 e. The number of nitrogens with two attached hydrogens (primary N) is 1. The third-order valence-corrected chi connectivity index (χ3v) is 6.84. The molecule has 0 radical (unpaired) electrons. The number of aryl methyl sites for hydroxylation is 1. The predicted octanol–water partition coefficient (Wildman–Crippen LogP) is 2.33. The van der Waals surface area contributed by atoms with Crippen molar-refractivity contribution in [3.63, 3.8) is 0 Å². The number of aromatic nitrogens is 4. The zero-order valence-corrected chi connectivity index (χ0v) is 22.6. The highest BCUT2D eigenvalue weighted by molar-refractivity contribution is 7.99. The van der Waals surface area contributed by atoms with Crippen molar-refractivity contribution < 1.29 is 14.3 Å². The summed E-state index contributed by atoms with van der Waals surface area (Å²) in [7, 11) is 1.61. The first-order valence-electron chi connectivity index (χ1n) is 12.3. The number of hydrogen-bond donors (Lipinski definition) is 4. The Balaban J connectivity index is 1.57. The van der Waals surface area contributed by atoms with Gasteiger partial charge in [0.15, 0.2) is 22.6 Å². The van der Waals surface area contributed by atoms with Crippen LogP contribution >= 0.6 is 11.8 Å². The Morgan fingerprint density at radius 2 is 1.89 bits per heavy atom. The number of piperazine rings is 1. The summed E-state index contributed by atoms with van der Waals surface area (Å²) >= 11 is 1.44. The van der Waals surface area contributed by atoms with Crippen molar-refractivity contribution in [2.24, 2.45) is 5.73 Å². The van der Waals surface area contributed by atoms with Crippen molar-refractivity contribution in [2.75, 3.05) is 56.6 Å².